The molecule has 0 atom stereocenters. The van der Waals surface area contributed by atoms with E-state index in [0.29, 0.717) is 15.4 Å². The molecule has 0 radical (unpaired) electrons. The van der Waals surface area contributed by atoms with E-state index in [1.54, 1.807) is 49.1 Å². The molecule has 0 aliphatic heterocycles. The summed E-state index contributed by atoms with van der Waals surface area (Å²) in [5.74, 6) is -1.41. The van der Waals surface area contributed by atoms with Crippen molar-refractivity contribution in [3.63, 3.8) is 0 Å². The van der Waals surface area contributed by atoms with E-state index in [0.717, 1.165) is 16.2 Å². The van der Waals surface area contributed by atoms with Crippen molar-refractivity contribution in [2.45, 2.75) is 0 Å². The predicted molar refractivity (Wildman–Crippen MR) is 123 cm³/mol. The number of aromatic carboxylic acids is 2. The summed E-state index contributed by atoms with van der Waals surface area (Å²) in [4.78, 5) is 37.7. The first-order chi connectivity index (χ1) is 15.3. The number of carboxylic acids is 2. The Morgan fingerprint density at radius 2 is 1.28 bits per heavy atom. The molecule has 14 heteroatoms. The van der Waals surface area contributed by atoms with Crippen molar-refractivity contribution >= 4 is 62.4 Å². The standard InChI is InChI=1S/C9H6N2O2S.C5H5BO4S.C4H3BrN2/c12-9(13)7-3-2-6(14-7)8-10-4-1-5-11-8;7-5(8)3-1-2-4(11-3)6(9)10;5-4-6-2-1-3-7-4/h1-5H,(H,12,13);1-2,9-10H,(H,7,8);1-3H. The Kier molecular flexibility index (Phi) is 10.0. The summed E-state index contributed by atoms with van der Waals surface area (Å²) in [5.41, 5.74) is 0. The fraction of sp³-hybridized carbons (Fsp3) is 0. The molecule has 4 N–H and O–H groups in total. The molecule has 4 aromatic heterocycles. The predicted octanol–water partition coefficient (Wildman–Crippen LogP) is 2.27. The summed E-state index contributed by atoms with van der Waals surface area (Å²) in [6, 6.07) is 9.46. The van der Waals surface area contributed by atoms with Crippen LogP contribution in [-0.4, -0.2) is 59.3 Å². The van der Waals surface area contributed by atoms with Crippen molar-refractivity contribution in [1.29, 1.82) is 0 Å². The number of hydrogen-bond acceptors (Lipinski definition) is 10. The largest absolute Gasteiger partial charge is 0.499 e. The van der Waals surface area contributed by atoms with Gasteiger partial charge in [-0.05, 0) is 46.3 Å². The lowest BCUT2D eigenvalue weighted by atomic mass is 9.90. The smallest absolute Gasteiger partial charge is 0.477 e. The van der Waals surface area contributed by atoms with Crippen molar-refractivity contribution in [2.75, 3.05) is 0 Å². The van der Waals surface area contributed by atoms with Crippen molar-refractivity contribution in [1.82, 2.24) is 19.9 Å². The third kappa shape index (κ3) is 8.24. The molecular formula is C18H14BBrN4O6S2. The number of rotatable bonds is 4. The Morgan fingerprint density at radius 1 is 0.781 bits per heavy atom. The van der Waals surface area contributed by atoms with Crippen molar-refractivity contribution in [2.24, 2.45) is 0 Å². The van der Waals surface area contributed by atoms with Gasteiger partial charge in [0, 0.05) is 29.6 Å². The van der Waals surface area contributed by atoms with Crippen LogP contribution in [0.1, 0.15) is 19.3 Å². The molecule has 0 aromatic carbocycles. The van der Waals surface area contributed by atoms with Gasteiger partial charge in [-0.1, -0.05) is 6.07 Å². The van der Waals surface area contributed by atoms with Crippen LogP contribution in [0.5, 0.6) is 0 Å². The zero-order valence-corrected chi connectivity index (χ0v) is 19.2. The second kappa shape index (κ2) is 12.7. The molecule has 0 saturated carbocycles. The average Bonchev–Trinajstić information content (AvgIpc) is 3.46. The van der Waals surface area contributed by atoms with E-state index in [1.165, 1.54) is 23.5 Å². The highest BCUT2D eigenvalue weighted by Crippen LogP contribution is 2.24. The number of hydrogen-bond donors (Lipinski definition) is 4. The molecule has 4 aromatic rings. The maximum Gasteiger partial charge on any atom is 0.499 e. The monoisotopic (exact) mass is 536 g/mol. The van der Waals surface area contributed by atoms with Crippen LogP contribution in [0.3, 0.4) is 0 Å². The molecule has 0 fully saturated rings. The minimum absolute atomic E-state index is 0.105. The number of nitrogens with zero attached hydrogens (tertiary/aromatic N) is 4. The molecule has 164 valence electrons. The van der Waals surface area contributed by atoms with E-state index in [4.69, 9.17) is 20.3 Å². The first-order valence-corrected chi connectivity index (χ1v) is 10.9. The normalized spacial score (nSPS) is 9.59. The Labute approximate surface area is 198 Å². The highest BCUT2D eigenvalue weighted by atomic mass is 79.9. The van der Waals surface area contributed by atoms with Gasteiger partial charge in [-0.3, -0.25) is 0 Å². The topological polar surface area (TPSA) is 167 Å². The molecule has 0 saturated heterocycles. The third-order valence-corrected chi connectivity index (χ3v) is 5.82. The van der Waals surface area contributed by atoms with Gasteiger partial charge in [-0.25, -0.2) is 29.5 Å². The van der Waals surface area contributed by atoms with Gasteiger partial charge in [-0.2, -0.15) is 0 Å². The van der Waals surface area contributed by atoms with Gasteiger partial charge in [0.2, 0.25) is 0 Å². The maximum atomic E-state index is 10.6. The van der Waals surface area contributed by atoms with E-state index < -0.39 is 19.1 Å². The number of halogens is 1. The Balaban J connectivity index is 0.000000180. The molecule has 32 heavy (non-hydrogen) atoms. The van der Waals surface area contributed by atoms with Gasteiger partial charge in [0.15, 0.2) is 10.6 Å². The average molecular weight is 537 g/mol. The van der Waals surface area contributed by atoms with E-state index >= 15 is 0 Å². The number of thiophene rings is 2. The van der Waals surface area contributed by atoms with Gasteiger partial charge in [0.05, 0.1) is 4.88 Å². The SMILES string of the molecule is Brc1ncccn1.O=C(O)c1ccc(-c2ncccn2)s1.O=C(O)c1ccc(B(O)O)s1. The minimum atomic E-state index is -1.58. The Bertz CT molecular complexity index is 1140. The van der Waals surface area contributed by atoms with E-state index in [9.17, 15) is 9.59 Å². The van der Waals surface area contributed by atoms with Crippen LogP contribution in [0.4, 0.5) is 0 Å². The van der Waals surface area contributed by atoms with Crippen LogP contribution in [0.25, 0.3) is 10.7 Å². The Hall–Kier alpha value is -3.04. The fourth-order valence-electron chi connectivity index (χ4n) is 1.89. The summed E-state index contributed by atoms with van der Waals surface area (Å²) >= 11 is 5.11. The van der Waals surface area contributed by atoms with Crippen LogP contribution in [0, 0.1) is 0 Å². The molecule has 0 spiro atoms. The van der Waals surface area contributed by atoms with Crippen LogP contribution in [-0.2, 0) is 0 Å². The zero-order chi connectivity index (χ0) is 23.5. The van der Waals surface area contributed by atoms with Gasteiger partial charge in [0.1, 0.15) is 9.75 Å². The molecule has 0 aliphatic carbocycles. The molecule has 0 bridgehead atoms. The number of carboxylic acid groups (broad SMARTS) is 2. The summed E-state index contributed by atoms with van der Waals surface area (Å²) in [5, 5.41) is 34.3. The van der Waals surface area contributed by atoms with Gasteiger partial charge < -0.3 is 20.3 Å². The highest BCUT2D eigenvalue weighted by molar-refractivity contribution is 9.10. The van der Waals surface area contributed by atoms with E-state index in [2.05, 4.69) is 35.9 Å². The molecule has 4 rings (SSSR count). The van der Waals surface area contributed by atoms with Crippen molar-refractivity contribution < 1.29 is 29.9 Å². The van der Waals surface area contributed by atoms with Crippen molar-refractivity contribution in [3.8, 4) is 10.7 Å². The lowest BCUT2D eigenvalue weighted by Gasteiger charge is -1.91. The molecule has 0 amide bonds. The van der Waals surface area contributed by atoms with Gasteiger partial charge >= 0.3 is 19.1 Å². The third-order valence-electron chi connectivity index (χ3n) is 3.23. The lowest BCUT2D eigenvalue weighted by Crippen LogP contribution is -2.26. The molecule has 4 heterocycles. The first-order valence-electron chi connectivity index (χ1n) is 8.50. The summed E-state index contributed by atoms with van der Waals surface area (Å²) in [6.45, 7) is 0. The summed E-state index contributed by atoms with van der Waals surface area (Å²) in [7, 11) is -1.58. The Morgan fingerprint density at radius 3 is 1.66 bits per heavy atom. The fourth-order valence-corrected chi connectivity index (χ4v) is 3.64. The minimum Gasteiger partial charge on any atom is -0.477 e. The number of aromatic nitrogens is 4. The second-order valence-electron chi connectivity index (χ2n) is 5.44. The van der Waals surface area contributed by atoms with Gasteiger partial charge in [0.25, 0.3) is 0 Å². The molecule has 10 nitrogen and oxygen atoms in total. The first kappa shape index (κ1) is 25.2. The molecule has 0 aliphatic rings. The van der Waals surface area contributed by atoms with Crippen LogP contribution >= 0.6 is 38.6 Å². The van der Waals surface area contributed by atoms with Gasteiger partial charge in [-0.15, -0.1) is 22.7 Å². The number of carbonyl (C=O) groups is 2. The van der Waals surface area contributed by atoms with E-state index in [1.807, 2.05) is 0 Å². The second-order valence-corrected chi connectivity index (χ2v) is 8.35. The van der Waals surface area contributed by atoms with Crippen molar-refractivity contribution in [3.05, 3.63) is 75.7 Å². The van der Waals surface area contributed by atoms with Crippen LogP contribution in [0.15, 0.2) is 65.9 Å². The molecular weight excluding hydrogens is 523 g/mol. The van der Waals surface area contributed by atoms with E-state index in [-0.39, 0.29) is 9.65 Å². The molecule has 0 unspecified atom stereocenters. The van der Waals surface area contributed by atoms with Crippen LogP contribution in [0.2, 0.25) is 0 Å². The highest BCUT2D eigenvalue weighted by Gasteiger charge is 2.15. The maximum absolute atomic E-state index is 10.6. The summed E-state index contributed by atoms with van der Waals surface area (Å²) < 4.78 is 0.873. The lowest BCUT2D eigenvalue weighted by molar-refractivity contribution is 0.0691. The van der Waals surface area contributed by atoms with Crippen LogP contribution < -0.4 is 4.78 Å². The quantitative estimate of drug-likeness (QED) is 0.224. The zero-order valence-electron chi connectivity index (χ0n) is 15.9. The summed E-state index contributed by atoms with van der Waals surface area (Å²) in [6.07, 6.45) is 6.61.